The molecule has 17 heavy (non-hydrogen) atoms. The first-order valence-corrected chi connectivity index (χ1v) is 5.39. The number of aromatic nitrogens is 1. The number of anilines is 1. The monoisotopic (exact) mass is 227 g/mol. The maximum Gasteiger partial charge on any atom is 0.124 e. The molecule has 86 valence electrons. The fourth-order valence-electron chi connectivity index (χ4n) is 1.75. The van der Waals surface area contributed by atoms with Crippen molar-refractivity contribution in [1.82, 2.24) is 4.98 Å². The molecule has 0 aliphatic heterocycles. The maximum absolute atomic E-state index is 8.89. The van der Waals surface area contributed by atoms with Crippen molar-refractivity contribution in [3.05, 3.63) is 29.5 Å². The number of nitrogen functional groups attached to an aromatic ring is 1. The van der Waals surface area contributed by atoms with Gasteiger partial charge in [-0.05, 0) is 25.5 Å². The Hall–Kier alpha value is -2.28. The second-order valence-electron chi connectivity index (χ2n) is 3.77. The van der Waals surface area contributed by atoms with Crippen LogP contribution in [0.4, 0.5) is 5.69 Å². The summed E-state index contributed by atoms with van der Waals surface area (Å²) in [5, 5.41) is 9.69. The lowest BCUT2D eigenvalue weighted by molar-refractivity contribution is 0.338. The first-order valence-electron chi connectivity index (χ1n) is 5.39. The van der Waals surface area contributed by atoms with Crippen LogP contribution in [-0.4, -0.2) is 11.6 Å². The van der Waals surface area contributed by atoms with Crippen LogP contribution in [0.2, 0.25) is 0 Å². The van der Waals surface area contributed by atoms with Gasteiger partial charge in [-0.2, -0.15) is 5.26 Å². The predicted octanol–water partition coefficient (Wildman–Crippen LogP) is 2.40. The Kier molecular flexibility index (Phi) is 2.84. The van der Waals surface area contributed by atoms with Gasteiger partial charge in [0.25, 0.3) is 0 Å². The Morgan fingerprint density at radius 1 is 1.47 bits per heavy atom. The van der Waals surface area contributed by atoms with Crippen LogP contribution >= 0.6 is 0 Å². The summed E-state index contributed by atoms with van der Waals surface area (Å²) in [6, 6.07) is 5.79. The zero-order chi connectivity index (χ0) is 12.4. The van der Waals surface area contributed by atoms with Gasteiger partial charge >= 0.3 is 0 Å². The van der Waals surface area contributed by atoms with Gasteiger partial charge in [0.05, 0.1) is 23.4 Å². The molecular formula is C13H13N3O. The number of hydrogen-bond acceptors (Lipinski definition) is 4. The standard InChI is InChI=1S/C13H13N3O/c1-3-17-12-5-11-10(4-8(12)2)13(15)9(6-14)7-16-11/h4-5,7H,3H2,1-2H3,(H2,15,16). The average molecular weight is 227 g/mol. The van der Waals surface area contributed by atoms with Crippen LogP contribution in [0.3, 0.4) is 0 Å². The zero-order valence-electron chi connectivity index (χ0n) is 9.82. The van der Waals surface area contributed by atoms with Gasteiger partial charge in [0.2, 0.25) is 0 Å². The molecule has 0 fully saturated rings. The fourth-order valence-corrected chi connectivity index (χ4v) is 1.75. The predicted molar refractivity (Wildman–Crippen MR) is 66.8 cm³/mol. The third-order valence-corrected chi connectivity index (χ3v) is 2.63. The molecule has 0 bridgehead atoms. The van der Waals surface area contributed by atoms with E-state index in [0.717, 1.165) is 22.2 Å². The number of nitrogens with zero attached hydrogens (tertiary/aromatic N) is 2. The first kappa shape index (κ1) is 11.2. The highest BCUT2D eigenvalue weighted by Crippen LogP contribution is 2.29. The van der Waals surface area contributed by atoms with Crippen LogP contribution in [0.15, 0.2) is 18.3 Å². The van der Waals surface area contributed by atoms with Crippen molar-refractivity contribution in [2.45, 2.75) is 13.8 Å². The van der Waals surface area contributed by atoms with Gasteiger partial charge < -0.3 is 10.5 Å². The summed E-state index contributed by atoms with van der Waals surface area (Å²) in [5.41, 5.74) is 8.53. The maximum atomic E-state index is 8.89. The molecule has 0 spiro atoms. The number of ether oxygens (including phenoxy) is 1. The van der Waals surface area contributed by atoms with Crippen molar-refractivity contribution in [2.24, 2.45) is 0 Å². The second kappa shape index (κ2) is 4.30. The van der Waals surface area contributed by atoms with Gasteiger partial charge in [0.1, 0.15) is 11.8 Å². The van der Waals surface area contributed by atoms with Gasteiger partial charge in [-0.15, -0.1) is 0 Å². The van der Waals surface area contributed by atoms with E-state index in [-0.39, 0.29) is 0 Å². The molecule has 0 radical (unpaired) electrons. The molecule has 2 rings (SSSR count). The number of fused-ring (bicyclic) bond motifs is 1. The highest BCUT2D eigenvalue weighted by Gasteiger charge is 2.08. The van der Waals surface area contributed by atoms with Crippen LogP contribution < -0.4 is 10.5 Å². The Balaban J connectivity index is 2.70. The molecule has 0 aliphatic carbocycles. The molecule has 0 saturated carbocycles. The summed E-state index contributed by atoms with van der Waals surface area (Å²) in [6.07, 6.45) is 1.49. The van der Waals surface area contributed by atoms with E-state index in [4.69, 9.17) is 15.7 Å². The summed E-state index contributed by atoms with van der Waals surface area (Å²) in [7, 11) is 0. The van der Waals surface area contributed by atoms with E-state index in [0.29, 0.717) is 17.9 Å². The highest BCUT2D eigenvalue weighted by atomic mass is 16.5. The quantitative estimate of drug-likeness (QED) is 0.855. The number of nitrogens with two attached hydrogens (primary N) is 1. The van der Waals surface area contributed by atoms with Crippen molar-refractivity contribution in [1.29, 1.82) is 5.26 Å². The van der Waals surface area contributed by atoms with Gasteiger partial charge in [0.15, 0.2) is 0 Å². The topological polar surface area (TPSA) is 71.9 Å². The molecule has 1 aromatic heterocycles. The van der Waals surface area contributed by atoms with Crippen molar-refractivity contribution < 1.29 is 4.74 Å². The van der Waals surface area contributed by atoms with Crippen molar-refractivity contribution in [3.8, 4) is 11.8 Å². The average Bonchev–Trinajstić information content (AvgIpc) is 2.32. The van der Waals surface area contributed by atoms with Gasteiger partial charge in [0, 0.05) is 17.6 Å². The summed E-state index contributed by atoms with van der Waals surface area (Å²) < 4.78 is 5.50. The van der Waals surface area contributed by atoms with E-state index in [2.05, 4.69) is 4.98 Å². The fraction of sp³-hybridized carbons (Fsp3) is 0.231. The summed E-state index contributed by atoms with van der Waals surface area (Å²) >= 11 is 0. The number of rotatable bonds is 2. The molecule has 4 nitrogen and oxygen atoms in total. The molecule has 0 saturated heterocycles. The van der Waals surface area contributed by atoms with Crippen molar-refractivity contribution in [3.63, 3.8) is 0 Å². The molecule has 2 N–H and O–H groups in total. The zero-order valence-corrected chi connectivity index (χ0v) is 9.82. The molecule has 0 aliphatic rings. The minimum atomic E-state index is 0.404. The first-order chi connectivity index (χ1) is 8.17. The van der Waals surface area contributed by atoms with Crippen LogP contribution in [0.1, 0.15) is 18.1 Å². The molecule has 2 aromatic rings. The molecule has 0 atom stereocenters. The summed E-state index contributed by atoms with van der Waals surface area (Å²) in [5.74, 6) is 0.802. The van der Waals surface area contributed by atoms with Gasteiger partial charge in [-0.1, -0.05) is 0 Å². The van der Waals surface area contributed by atoms with Crippen LogP contribution in [-0.2, 0) is 0 Å². The van der Waals surface area contributed by atoms with Crippen LogP contribution in [0.25, 0.3) is 10.9 Å². The highest BCUT2D eigenvalue weighted by molar-refractivity contribution is 5.94. The summed E-state index contributed by atoms with van der Waals surface area (Å²) in [4.78, 5) is 4.21. The van der Waals surface area contributed by atoms with Gasteiger partial charge in [-0.25, -0.2) is 0 Å². The van der Waals surface area contributed by atoms with E-state index >= 15 is 0 Å². The Morgan fingerprint density at radius 3 is 2.88 bits per heavy atom. The molecule has 0 unspecified atom stereocenters. The minimum Gasteiger partial charge on any atom is -0.494 e. The number of pyridine rings is 1. The molecule has 4 heteroatoms. The Morgan fingerprint density at radius 2 is 2.24 bits per heavy atom. The number of hydrogen-bond donors (Lipinski definition) is 1. The lowest BCUT2D eigenvalue weighted by Gasteiger charge is -2.10. The van der Waals surface area contributed by atoms with Crippen LogP contribution in [0.5, 0.6) is 5.75 Å². The summed E-state index contributed by atoms with van der Waals surface area (Å²) in [6.45, 7) is 4.49. The molecule has 0 amide bonds. The van der Waals surface area contributed by atoms with Gasteiger partial charge in [-0.3, -0.25) is 4.98 Å². The smallest absolute Gasteiger partial charge is 0.124 e. The Labute approximate surface area is 99.6 Å². The van der Waals surface area contributed by atoms with E-state index in [1.54, 1.807) is 0 Å². The lowest BCUT2D eigenvalue weighted by Crippen LogP contribution is -1.98. The van der Waals surface area contributed by atoms with E-state index < -0.39 is 0 Å². The largest absolute Gasteiger partial charge is 0.494 e. The number of nitriles is 1. The van der Waals surface area contributed by atoms with E-state index in [1.807, 2.05) is 32.0 Å². The number of benzene rings is 1. The third kappa shape index (κ3) is 1.87. The molecular weight excluding hydrogens is 214 g/mol. The minimum absolute atomic E-state index is 0.404. The SMILES string of the molecule is CCOc1cc2ncc(C#N)c(N)c2cc1C. The third-order valence-electron chi connectivity index (χ3n) is 2.63. The van der Waals surface area contributed by atoms with E-state index in [1.165, 1.54) is 6.20 Å². The normalized spacial score (nSPS) is 10.2. The van der Waals surface area contributed by atoms with Crippen molar-refractivity contribution >= 4 is 16.6 Å². The van der Waals surface area contributed by atoms with Crippen LogP contribution in [0, 0.1) is 18.3 Å². The van der Waals surface area contributed by atoms with Crippen molar-refractivity contribution in [2.75, 3.05) is 12.3 Å². The second-order valence-corrected chi connectivity index (χ2v) is 3.77. The van der Waals surface area contributed by atoms with E-state index in [9.17, 15) is 0 Å². The molecule has 1 heterocycles. The lowest BCUT2D eigenvalue weighted by atomic mass is 10.1. The molecule has 1 aromatic carbocycles. The Bertz CT molecular complexity index is 614. The number of aryl methyl sites for hydroxylation is 1.